The smallest absolute Gasteiger partial charge is 0.261 e. The molecule has 1 aromatic carbocycles. The van der Waals surface area contributed by atoms with Gasteiger partial charge in [-0.3, -0.25) is 14.7 Å². The fraction of sp³-hybridized carbons (Fsp3) is 0.261. The van der Waals surface area contributed by atoms with Crippen LogP contribution < -0.4 is 5.32 Å². The van der Waals surface area contributed by atoms with Gasteiger partial charge in [-0.05, 0) is 48.4 Å². The Balaban J connectivity index is 1.41. The van der Waals surface area contributed by atoms with Gasteiger partial charge in [-0.15, -0.1) is 11.3 Å². The van der Waals surface area contributed by atoms with E-state index in [-0.39, 0.29) is 5.91 Å². The molecule has 1 saturated heterocycles. The van der Waals surface area contributed by atoms with Crippen LogP contribution in [-0.2, 0) is 6.54 Å². The molecule has 0 spiro atoms. The number of carbonyl (C=O) groups is 1. The second kappa shape index (κ2) is 7.54. The first-order chi connectivity index (χ1) is 14.2. The van der Waals surface area contributed by atoms with E-state index in [0.717, 1.165) is 46.7 Å². The van der Waals surface area contributed by atoms with Crippen LogP contribution in [0.1, 0.15) is 33.1 Å². The molecule has 1 aliphatic rings. The highest BCUT2D eigenvalue weighted by atomic mass is 32.1. The van der Waals surface area contributed by atoms with Crippen molar-refractivity contribution in [2.24, 2.45) is 0 Å². The van der Waals surface area contributed by atoms with Crippen molar-refractivity contribution in [3.05, 3.63) is 70.9 Å². The summed E-state index contributed by atoms with van der Waals surface area (Å²) in [5, 5.41) is 5.10. The first-order valence-corrected chi connectivity index (χ1v) is 10.7. The Morgan fingerprint density at radius 3 is 2.97 bits per heavy atom. The normalized spacial score (nSPS) is 17.2. The van der Waals surface area contributed by atoms with Crippen molar-refractivity contribution in [2.75, 3.05) is 20.1 Å². The summed E-state index contributed by atoms with van der Waals surface area (Å²) in [5.41, 5.74) is 3.50. The highest BCUT2D eigenvalue weighted by Crippen LogP contribution is 2.39. The molecule has 1 atom stereocenters. The standard InChI is InChI=1S/C23H22N4OS/c1-24-22(28)21-20(18-5-3-10-26-23(18)29-21)17-8-11-27(14-17)13-15-6-7-19-16(12-15)4-2-9-25-19/h2-7,9-10,12,17H,8,11,13-14H2,1H3,(H,24,28). The molecule has 0 radical (unpaired) electrons. The summed E-state index contributed by atoms with van der Waals surface area (Å²) < 4.78 is 0. The lowest BCUT2D eigenvalue weighted by molar-refractivity contribution is 0.0966. The third-order valence-electron chi connectivity index (χ3n) is 5.69. The molecule has 5 rings (SSSR count). The van der Waals surface area contributed by atoms with Crippen LogP contribution >= 0.6 is 11.3 Å². The second-order valence-corrected chi connectivity index (χ2v) is 8.53. The van der Waals surface area contributed by atoms with Crippen LogP contribution in [0.4, 0.5) is 0 Å². The van der Waals surface area contributed by atoms with Gasteiger partial charge in [0.25, 0.3) is 5.91 Å². The summed E-state index contributed by atoms with van der Waals surface area (Å²) in [6, 6.07) is 14.6. The Labute approximate surface area is 173 Å². The van der Waals surface area contributed by atoms with Crippen molar-refractivity contribution < 1.29 is 4.79 Å². The van der Waals surface area contributed by atoms with E-state index in [9.17, 15) is 4.79 Å². The summed E-state index contributed by atoms with van der Waals surface area (Å²) in [6.45, 7) is 2.90. The molecule has 4 aromatic rings. The Morgan fingerprint density at radius 1 is 1.21 bits per heavy atom. The molecular formula is C23H22N4OS. The zero-order valence-corrected chi connectivity index (χ0v) is 17.1. The molecular weight excluding hydrogens is 380 g/mol. The van der Waals surface area contributed by atoms with Gasteiger partial charge in [-0.1, -0.05) is 18.2 Å². The number of hydrogen-bond acceptors (Lipinski definition) is 5. The summed E-state index contributed by atoms with van der Waals surface area (Å²) in [5.74, 6) is 0.339. The van der Waals surface area contributed by atoms with Gasteiger partial charge >= 0.3 is 0 Å². The predicted octanol–water partition coefficient (Wildman–Crippen LogP) is 4.19. The van der Waals surface area contributed by atoms with E-state index in [1.165, 1.54) is 27.8 Å². The van der Waals surface area contributed by atoms with E-state index in [2.05, 4.69) is 50.5 Å². The molecule has 146 valence electrons. The zero-order chi connectivity index (χ0) is 19.8. The number of hydrogen-bond donors (Lipinski definition) is 1. The molecule has 1 fully saturated rings. The lowest BCUT2D eigenvalue weighted by Crippen LogP contribution is -2.21. The quantitative estimate of drug-likeness (QED) is 0.556. The Bertz CT molecular complexity index is 1200. The molecule has 5 nitrogen and oxygen atoms in total. The first-order valence-electron chi connectivity index (χ1n) is 9.88. The van der Waals surface area contributed by atoms with Crippen molar-refractivity contribution in [1.29, 1.82) is 0 Å². The number of fused-ring (bicyclic) bond motifs is 2. The molecule has 0 bridgehead atoms. The number of nitrogens with one attached hydrogen (secondary N) is 1. The van der Waals surface area contributed by atoms with Crippen LogP contribution in [0.25, 0.3) is 21.1 Å². The number of benzene rings is 1. The van der Waals surface area contributed by atoms with Crippen molar-refractivity contribution in [3.63, 3.8) is 0 Å². The SMILES string of the molecule is CNC(=O)c1sc2ncccc2c1C1CCN(Cc2ccc3ncccc3c2)C1. The number of thiophene rings is 1. The molecule has 0 saturated carbocycles. The molecule has 3 aromatic heterocycles. The van der Waals surface area contributed by atoms with Gasteiger partial charge in [-0.2, -0.15) is 0 Å². The topological polar surface area (TPSA) is 58.1 Å². The molecule has 29 heavy (non-hydrogen) atoms. The van der Waals surface area contributed by atoms with Crippen LogP contribution in [0.15, 0.2) is 54.9 Å². The number of likely N-dealkylation sites (tertiary alicyclic amines) is 1. The third-order valence-corrected chi connectivity index (χ3v) is 6.82. The van der Waals surface area contributed by atoms with E-state index in [4.69, 9.17) is 0 Å². The summed E-state index contributed by atoms with van der Waals surface area (Å²) >= 11 is 1.50. The molecule has 1 N–H and O–H groups in total. The van der Waals surface area contributed by atoms with Gasteiger partial charge in [-0.25, -0.2) is 4.98 Å². The monoisotopic (exact) mass is 402 g/mol. The van der Waals surface area contributed by atoms with Crippen molar-refractivity contribution >= 4 is 38.4 Å². The van der Waals surface area contributed by atoms with E-state index < -0.39 is 0 Å². The van der Waals surface area contributed by atoms with Crippen molar-refractivity contribution in [3.8, 4) is 0 Å². The van der Waals surface area contributed by atoms with Crippen LogP contribution in [0, 0.1) is 0 Å². The van der Waals surface area contributed by atoms with E-state index in [0.29, 0.717) is 5.92 Å². The van der Waals surface area contributed by atoms with E-state index in [1.807, 2.05) is 18.3 Å². The van der Waals surface area contributed by atoms with Crippen LogP contribution in [0.5, 0.6) is 0 Å². The number of pyridine rings is 2. The zero-order valence-electron chi connectivity index (χ0n) is 16.3. The highest BCUT2D eigenvalue weighted by Gasteiger charge is 2.30. The number of amides is 1. The molecule has 4 heterocycles. The minimum Gasteiger partial charge on any atom is -0.354 e. The average molecular weight is 403 g/mol. The Hall–Kier alpha value is -2.83. The highest BCUT2D eigenvalue weighted by molar-refractivity contribution is 7.20. The summed E-state index contributed by atoms with van der Waals surface area (Å²) in [6.07, 6.45) is 4.68. The van der Waals surface area contributed by atoms with Gasteiger partial charge in [0.15, 0.2) is 0 Å². The minimum absolute atomic E-state index is 0.0107. The van der Waals surface area contributed by atoms with Crippen molar-refractivity contribution in [2.45, 2.75) is 18.9 Å². The van der Waals surface area contributed by atoms with Gasteiger partial charge in [0.05, 0.1) is 10.4 Å². The second-order valence-electron chi connectivity index (χ2n) is 7.53. The number of aromatic nitrogens is 2. The largest absolute Gasteiger partial charge is 0.354 e. The lowest BCUT2D eigenvalue weighted by atomic mass is 9.95. The molecule has 6 heteroatoms. The Kier molecular flexibility index (Phi) is 4.73. The summed E-state index contributed by atoms with van der Waals surface area (Å²) in [7, 11) is 1.69. The number of nitrogens with zero attached hydrogens (tertiary/aromatic N) is 3. The summed E-state index contributed by atoms with van der Waals surface area (Å²) in [4.78, 5) is 25.6. The number of rotatable bonds is 4. The van der Waals surface area contributed by atoms with Gasteiger partial charge < -0.3 is 5.32 Å². The Morgan fingerprint density at radius 2 is 2.07 bits per heavy atom. The fourth-order valence-corrected chi connectivity index (χ4v) is 5.51. The molecule has 1 amide bonds. The van der Waals surface area contributed by atoms with E-state index in [1.54, 1.807) is 13.2 Å². The van der Waals surface area contributed by atoms with Crippen molar-refractivity contribution in [1.82, 2.24) is 20.2 Å². The average Bonchev–Trinajstić information content (AvgIpc) is 3.37. The maximum Gasteiger partial charge on any atom is 0.261 e. The fourth-order valence-electron chi connectivity index (χ4n) is 4.33. The molecule has 0 aliphatic carbocycles. The van der Waals surface area contributed by atoms with E-state index >= 15 is 0 Å². The third kappa shape index (κ3) is 3.39. The van der Waals surface area contributed by atoms with Gasteiger partial charge in [0, 0.05) is 49.2 Å². The molecule has 1 unspecified atom stereocenters. The minimum atomic E-state index is -0.0107. The van der Waals surface area contributed by atoms with Gasteiger partial charge in [0.1, 0.15) is 4.83 Å². The van der Waals surface area contributed by atoms with Crippen LogP contribution in [-0.4, -0.2) is 40.9 Å². The maximum atomic E-state index is 12.5. The first kappa shape index (κ1) is 18.2. The van der Waals surface area contributed by atoms with Crippen LogP contribution in [0.2, 0.25) is 0 Å². The lowest BCUT2D eigenvalue weighted by Gasteiger charge is -2.17. The van der Waals surface area contributed by atoms with Gasteiger partial charge in [0.2, 0.25) is 0 Å². The predicted molar refractivity (Wildman–Crippen MR) is 117 cm³/mol. The number of carbonyl (C=O) groups excluding carboxylic acids is 1. The maximum absolute atomic E-state index is 12.5. The molecule has 1 aliphatic heterocycles. The van der Waals surface area contributed by atoms with Crippen LogP contribution in [0.3, 0.4) is 0 Å².